The molecule has 0 aliphatic carbocycles. The summed E-state index contributed by atoms with van der Waals surface area (Å²) in [5.74, 6) is 0. The number of hydrogen-bond acceptors (Lipinski definition) is 2. The molecule has 0 unspecified atom stereocenters. The van der Waals surface area contributed by atoms with E-state index in [2.05, 4.69) is 36.4 Å². The Bertz CT molecular complexity index is 454. The molecule has 2 nitrogen and oxygen atoms in total. The monoisotopic (exact) mass is 195 g/mol. The fourth-order valence-electron chi connectivity index (χ4n) is 2.42. The van der Waals surface area contributed by atoms with Crippen molar-refractivity contribution in [1.29, 1.82) is 0 Å². The van der Waals surface area contributed by atoms with E-state index in [-0.39, 0.29) is 6.10 Å². The highest BCUT2D eigenvalue weighted by molar-refractivity contribution is 5.76. The highest BCUT2D eigenvalue weighted by Gasteiger charge is 2.40. The zero-order chi connectivity index (χ0) is 9.83. The van der Waals surface area contributed by atoms with Crippen molar-refractivity contribution < 1.29 is 4.84 Å². The molecule has 4 rings (SSSR count). The van der Waals surface area contributed by atoms with Crippen molar-refractivity contribution in [1.82, 2.24) is 0 Å². The Morgan fingerprint density at radius 1 is 0.800 bits per heavy atom. The van der Waals surface area contributed by atoms with Crippen molar-refractivity contribution in [3.63, 3.8) is 0 Å². The van der Waals surface area contributed by atoms with Crippen LogP contribution in [-0.4, -0.2) is 0 Å². The van der Waals surface area contributed by atoms with E-state index in [1.807, 2.05) is 17.2 Å². The van der Waals surface area contributed by atoms with Gasteiger partial charge in [-0.05, 0) is 12.1 Å². The number of anilines is 2. The van der Waals surface area contributed by atoms with Crippen LogP contribution < -0.4 is 5.06 Å². The zero-order valence-electron chi connectivity index (χ0n) is 8.05. The summed E-state index contributed by atoms with van der Waals surface area (Å²) in [6, 6.07) is 16.7. The predicted molar refractivity (Wildman–Crippen MR) is 58.0 cm³/mol. The number of rotatable bonds is 0. The lowest BCUT2D eigenvalue weighted by Gasteiger charge is -2.16. The summed E-state index contributed by atoms with van der Waals surface area (Å²) in [6.07, 6.45) is 0.109. The lowest BCUT2D eigenvalue weighted by atomic mass is 9.96. The fourth-order valence-corrected chi connectivity index (χ4v) is 2.42. The molecule has 0 saturated carbocycles. The van der Waals surface area contributed by atoms with E-state index < -0.39 is 0 Å². The fraction of sp³-hybridized carbons (Fsp3) is 0.0769. The quantitative estimate of drug-likeness (QED) is 0.640. The molecule has 0 fully saturated rings. The second kappa shape index (κ2) is 2.41. The van der Waals surface area contributed by atoms with E-state index in [0.29, 0.717) is 0 Å². The van der Waals surface area contributed by atoms with Crippen molar-refractivity contribution in [2.75, 3.05) is 5.06 Å². The molecule has 2 heterocycles. The van der Waals surface area contributed by atoms with E-state index in [9.17, 15) is 0 Å². The van der Waals surface area contributed by atoms with Crippen LogP contribution in [0.15, 0.2) is 48.5 Å². The van der Waals surface area contributed by atoms with Gasteiger partial charge in [-0.15, -0.1) is 0 Å². The van der Waals surface area contributed by atoms with Crippen LogP contribution in [0.3, 0.4) is 0 Å². The molecule has 2 bridgehead atoms. The first-order chi connectivity index (χ1) is 7.45. The number of benzene rings is 2. The van der Waals surface area contributed by atoms with Gasteiger partial charge in [-0.25, -0.2) is 5.06 Å². The van der Waals surface area contributed by atoms with E-state index in [4.69, 9.17) is 4.84 Å². The Labute approximate surface area is 87.7 Å². The topological polar surface area (TPSA) is 12.5 Å². The molecule has 15 heavy (non-hydrogen) atoms. The standard InChI is InChI=1S/C13H9NO/c1-3-7-11-9(5-1)13-10-6-2-4-8-12(10)14(11)15-13/h1-8,13H. The van der Waals surface area contributed by atoms with Crippen LogP contribution in [0.4, 0.5) is 11.4 Å². The van der Waals surface area contributed by atoms with Crippen LogP contribution in [0.25, 0.3) is 0 Å². The molecular weight excluding hydrogens is 186 g/mol. The molecule has 2 aliphatic rings. The largest absolute Gasteiger partial charge is 0.255 e. The third-order valence-electron chi connectivity index (χ3n) is 3.09. The summed E-state index contributed by atoms with van der Waals surface area (Å²) >= 11 is 0. The summed E-state index contributed by atoms with van der Waals surface area (Å²) in [5.41, 5.74) is 4.91. The van der Waals surface area contributed by atoms with Gasteiger partial charge in [-0.3, -0.25) is 4.84 Å². The second-order valence-corrected chi connectivity index (χ2v) is 3.90. The molecule has 2 aliphatic heterocycles. The lowest BCUT2D eigenvalue weighted by molar-refractivity contribution is 0.127. The first-order valence-corrected chi connectivity index (χ1v) is 5.10. The lowest BCUT2D eigenvalue weighted by Crippen LogP contribution is -2.06. The molecule has 0 N–H and O–H groups in total. The number of hydrogen-bond donors (Lipinski definition) is 0. The summed E-state index contributed by atoms with van der Waals surface area (Å²) in [5, 5.41) is 1.94. The minimum Gasteiger partial charge on any atom is -0.255 e. The Kier molecular flexibility index (Phi) is 1.20. The van der Waals surface area contributed by atoms with Gasteiger partial charge < -0.3 is 0 Å². The van der Waals surface area contributed by atoms with Crippen LogP contribution in [0, 0.1) is 0 Å². The molecule has 0 spiro atoms. The SMILES string of the molecule is c1ccc2c(c1)C1ON2c2ccccc21. The molecular formula is C13H9NO. The third-order valence-corrected chi connectivity index (χ3v) is 3.09. The van der Waals surface area contributed by atoms with Crippen molar-refractivity contribution >= 4 is 11.4 Å². The Hall–Kier alpha value is -1.80. The molecule has 0 radical (unpaired) electrons. The van der Waals surface area contributed by atoms with Gasteiger partial charge >= 0.3 is 0 Å². The first-order valence-electron chi connectivity index (χ1n) is 5.10. The summed E-state index contributed by atoms with van der Waals surface area (Å²) in [6.45, 7) is 0. The molecule has 72 valence electrons. The van der Waals surface area contributed by atoms with Crippen molar-refractivity contribution in [2.45, 2.75) is 6.10 Å². The summed E-state index contributed by atoms with van der Waals surface area (Å²) in [7, 11) is 0. The summed E-state index contributed by atoms with van der Waals surface area (Å²) < 4.78 is 0. The molecule has 0 aromatic heterocycles. The Morgan fingerprint density at radius 2 is 1.33 bits per heavy atom. The van der Waals surface area contributed by atoms with Gasteiger partial charge in [-0.1, -0.05) is 36.4 Å². The molecule has 2 heteroatoms. The predicted octanol–water partition coefficient (Wildman–Crippen LogP) is 3.17. The van der Waals surface area contributed by atoms with Crippen molar-refractivity contribution in [3.8, 4) is 0 Å². The van der Waals surface area contributed by atoms with Crippen LogP contribution in [-0.2, 0) is 4.84 Å². The zero-order valence-corrected chi connectivity index (χ0v) is 8.05. The van der Waals surface area contributed by atoms with Gasteiger partial charge in [0.1, 0.15) is 6.10 Å². The molecule has 0 amide bonds. The van der Waals surface area contributed by atoms with Crippen LogP contribution in [0.2, 0.25) is 0 Å². The minimum atomic E-state index is 0.109. The average Bonchev–Trinajstić information content (AvgIpc) is 2.86. The van der Waals surface area contributed by atoms with Gasteiger partial charge in [0, 0.05) is 11.1 Å². The van der Waals surface area contributed by atoms with Crippen molar-refractivity contribution in [3.05, 3.63) is 59.7 Å². The summed E-state index contributed by atoms with van der Waals surface area (Å²) in [4.78, 5) is 5.85. The van der Waals surface area contributed by atoms with Crippen LogP contribution in [0.5, 0.6) is 0 Å². The Balaban J connectivity index is 2.02. The van der Waals surface area contributed by atoms with E-state index in [1.54, 1.807) is 0 Å². The van der Waals surface area contributed by atoms with Crippen LogP contribution >= 0.6 is 0 Å². The third kappa shape index (κ3) is 0.785. The molecule has 2 aromatic rings. The number of fused-ring (bicyclic) bond motifs is 8. The van der Waals surface area contributed by atoms with E-state index >= 15 is 0 Å². The maximum absolute atomic E-state index is 5.85. The number of para-hydroxylation sites is 2. The average molecular weight is 195 g/mol. The van der Waals surface area contributed by atoms with Gasteiger partial charge in [0.2, 0.25) is 0 Å². The highest BCUT2D eigenvalue weighted by Crippen LogP contribution is 2.53. The first kappa shape index (κ1) is 7.49. The van der Waals surface area contributed by atoms with Crippen LogP contribution in [0.1, 0.15) is 17.2 Å². The smallest absolute Gasteiger partial charge is 0.140 e. The van der Waals surface area contributed by atoms with Gasteiger partial charge in [-0.2, -0.15) is 0 Å². The highest BCUT2D eigenvalue weighted by atomic mass is 16.7. The molecule has 0 atom stereocenters. The van der Waals surface area contributed by atoms with E-state index in [0.717, 1.165) is 0 Å². The number of nitrogens with zero attached hydrogens (tertiary/aromatic N) is 1. The second-order valence-electron chi connectivity index (χ2n) is 3.90. The molecule has 2 aromatic carbocycles. The molecule has 0 saturated heterocycles. The van der Waals surface area contributed by atoms with E-state index in [1.165, 1.54) is 22.5 Å². The van der Waals surface area contributed by atoms with Gasteiger partial charge in [0.15, 0.2) is 0 Å². The van der Waals surface area contributed by atoms with Crippen molar-refractivity contribution in [2.24, 2.45) is 0 Å². The van der Waals surface area contributed by atoms with Gasteiger partial charge in [0.25, 0.3) is 0 Å². The minimum absolute atomic E-state index is 0.109. The van der Waals surface area contributed by atoms with Gasteiger partial charge in [0.05, 0.1) is 11.4 Å². The maximum atomic E-state index is 5.85. The maximum Gasteiger partial charge on any atom is 0.140 e. The normalized spacial score (nSPS) is 16.7. The Morgan fingerprint density at radius 3 is 1.93 bits per heavy atom.